The number of ether oxygens (including phenoxy) is 1. The standard InChI is InChI=1S/C28H35N3O4/c1-4-5-10-24(32)22(17-18-11-12-18)27(33)30-26-28(34)31(2)23-9-7-6-8-21(23)25(29-26)19-13-15-20(35-3)16-14-19/h6-9,13-16,18,22,24,26,32H,4-5,10-12,17H2,1-3H3,(H,30,33)/t22-,24+,26?/m1/s1. The molecule has 0 saturated heterocycles. The average Bonchev–Trinajstić information content (AvgIpc) is 3.72. The minimum atomic E-state index is -1.09. The van der Waals surface area contributed by atoms with Crippen LogP contribution in [0.3, 0.4) is 0 Å². The van der Waals surface area contributed by atoms with E-state index < -0.39 is 18.2 Å². The second kappa shape index (κ2) is 11.0. The molecule has 1 heterocycles. The number of nitrogens with zero attached hydrogens (tertiary/aromatic N) is 2. The summed E-state index contributed by atoms with van der Waals surface area (Å²) in [4.78, 5) is 33.2. The third kappa shape index (κ3) is 5.73. The Balaban J connectivity index is 1.67. The Morgan fingerprint density at radius 1 is 1.20 bits per heavy atom. The lowest BCUT2D eigenvalue weighted by atomic mass is 9.91. The van der Waals surface area contributed by atoms with Crippen LogP contribution < -0.4 is 15.0 Å². The Labute approximate surface area is 207 Å². The van der Waals surface area contributed by atoms with Gasteiger partial charge in [0.15, 0.2) is 0 Å². The van der Waals surface area contributed by atoms with Crippen LogP contribution in [0.2, 0.25) is 0 Å². The molecule has 35 heavy (non-hydrogen) atoms. The lowest BCUT2D eigenvalue weighted by Gasteiger charge is -2.25. The predicted molar refractivity (Wildman–Crippen MR) is 137 cm³/mol. The van der Waals surface area contributed by atoms with Crippen molar-refractivity contribution in [3.8, 4) is 5.75 Å². The van der Waals surface area contributed by atoms with E-state index in [1.54, 1.807) is 19.1 Å². The zero-order valence-electron chi connectivity index (χ0n) is 20.7. The molecular formula is C28H35N3O4. The highest BCUT2D eigenvalue weighted by Gasteiger charge is 2.37. The number of aliphatic hydroxyl groups excluding tert-OH is 1. The highest BCUT2D eigenvalue weighted by Crippen LogP contribution is 2.37. The lowest BCUT2D eigenvalue weighted by molar-refractivity contribution is -0.133. The number of likely N-dealkylation sites (N-methyl/N-ethyl adjacent to an activating group) is 1. The Morgan fingerprint density at radius 2 is 1.91 bits per heavy atom. The number of hydrogen-bond donors (Lipinski definition) is 2. The van der Waals surface area contributed by atoms with E-state index in [0.717, 1.165) is 48.2 Å². The number of aliphatic imine (C=N–C) groups is 1. The fourth-order valence-electron chi connectivity index (χ4n) is 4.60. The van der Waals surface area contributed by atoms with E-state index in [1.165, 1.54) is 0 Å². The maximum Gasteiger partial charge on any atom is 0.272 e. The summed E-state index contributed by atoms with van der Waals surface area (Å²) in [6, 6.07) is 15.1. The molecule has 2 N–H and O–H groups in total. The van der Waals surface area contributed by atoms with E-state index >= 15 is 0 Å². The lowest BCUT2D eigenvalue weighted by Crippen LogP contribution is -2.49. The van der Waals surface area contributed by atoms with Crippen LogP contribution in [0.5, 0.6) is 5.75 Å². The molecule has 1 unspecified atom stereocenters. The van der Waals surface area contributed by atoms with Crippen LogP contribution in [0.4, 0.5) is 5.69 Å². The third-order valence-electron chi connectivity index (χ3n) is 6.92. The van der Waals surface area contributed by atoms with Gasteiger partial charge in [-0.25, -0.2) is 4.99 Å². The van der Waals surface area contributed by atoms with Crippen molar-refractivity contribution in [3.05, 3.63) is 59.7 Å². The van der Waals surface area contributed by atoms with Crippen molar-refractivity contribution in [2.45, 2.75) is 57.7 Å². The van der Waals surface area contributed by atoms with Gasteiger partial charge in [0.1, 0.15) is 5.75 Å². The van der Waals surface area contributed by atoms with Gasteiger partial charge in [0.2, 0.25) is 12.1 Å². The normalized spacial score (nSPS) is 19.3. The highest BCUT2D eigenvalue weighted by atomic mass is 16.5. The number of benzene rings is 2. The van der Waals surface area contributed by atoms with Crippen LogP contribution >= 0.6 is 0 Å². The van der Waals surface area contributed by atoms with Gasteiger partial charge in [-0.05, 0) is 49.1 Å². The zero-order valence-corrected chi connectivity index (χ0v) is 20.7. The molecule has 2 aromatic carbocycles. The number of rotatable bonds is 10. The number of nitrogens with one attached hydrogen (secondary N) is 1. The smallest absolute Gasteiger partial charge is 0.272 e. The van der Waals surface area contributed by atoms with Crippen molar-refractivity contribution in [1.82, 2.24) is 5.32 Å². The number of para-hydroxylation sites is 1. The fourth-order valence-corrected chi connectivity index (χ4v) is 4.60. The van der Waals surface area contributed by atoms with E-state index in [9.17, 15) is 14.7 Å². The van der Waals surface area contributed by atoms with E-state index in [-0.39, 0.29) is 11.8 Å². The van der Waals surface area contributed by atoms with Crippen molar-refractivity contribution in [2.75, 3.05) is 19.1 Å². The molecule has 0 spiro atoms. The largest absolute Gasteiger partial charge is 0.497 e. The first kappa shape index (κ1) is 24.9. The number of amides is 2. The predicted octanol–water partition coefficient (Wildman–Crippen LogP) is 3.92. The number of aliphatic hydroxyl groups is 1. The topological polar surface area (TPSA) is 91.2 Å². The van der Waals surface area contributed by atoms with Crippen molar-refractivity contribution in [3.63, 3.8) is 0 Å². The van der Waals surface area contributed by atoms with Crippen molar-refractivity contribution in [2.24, 2.45) is 16.8 Å². The van der Waals surface area contributed by atoms with Gasteiger partial charge in [0.25, 0.3) is 5.91 Å². The van der Waals surface area contributed by atoms with E-state index in [2.05, 4.69) is 12.2 Å². The summed E-state index contributed by atoms with van der Waals surface area (Å²) in [6.45, 7) is 2.07. The summed E-state index contributed by atoms with van der Waals surface area (Å²) >= 11 is 0. The number of fused-ring (bicyclic) bond motifs is 1. The Bertz CT molecular complexity index is 1080. The number of carbonyl (C=O) groups is 2. The van der Waals surface area contributed by atoms with Gasteiger partial charge < -0.3 is 20.1 Å². The molecule has 1 aliphatic heterocycles. The van der Waals surface area contributed by atoms with Crippen molar-refractivity contribution < 1.29 is 19.4 Å². The fraction of sp³-hybridized carbons (Fsp3) is 0.464. The molecule has 7 heteroatoms. The molecule has 0 bridgehead atoms. The number of anilines is 1. The summed E-state index contributed by atoms with van der Waals surface area (Å²) in [6.07, 6.45) is 3.39. The van der Waals surface area contributed by atoms with Crippen LogP contribution in [0, 0.1) is 11.8 Å². The monoisotopic (exact) mass is 477 g/mol. The molecule has 1 fully saturated rings. The first-order valence-electron chi connectivity index (χ1n) is 12.5. The van der Waals surface area contributed by atoms with Gasteiger partial charge in [0.05, 0.1) is 30.5 Å². The summed E-state index contributed by atoms with van der Waals surface area (Å²) < 4.78 is 5.29. The van der Waals surface area contributed by atoms with Gasteiger partial charge in [-0.15, -0.1) is 0 Å². The molecule has 2 aliphatic rings. The SMILES string of the molecule is CCCC[C@H](O)[C@@H](CC1CC1)C(=O)NC1N=C(c2ccc(OC)cc2)c2ccccc2N(C)C1=O. The highest BCUT2D eigenvalue weighted by molar-refractivity contribution is 6.20. The minimum absolute atomic E-state index is 0.309. The Kier molecular flexibility index (Phi) is 7.86. The number of unbranched alkanes of at least 4 members (excludes halogenated alkanes) is 1. The number of carbonyl (C=O) groups excluding carboxylic acids is 2. The molecule has 4 rings (SSSR count). The molecule has 2 aromatic rings. The molecule has 3 atom stereocenters. The second-order valence-corrected chi connectivity index (χ2v) is 9.53. The van der Waals surface area contributed by atoms with E-state index in [1.807, 2.05) is 48.5 Å². The molecule has 0 aromatic heterocycles. The average molecular weight is 478 g/mol. The van der Waals surface area contributed by atoms with Crippen LogP contribution in [0.15, 0.2) is 53.5 Å². The Hall–Kier alpha value is -3.19. The summed E-state index contributed by atoms with van der Waals surface area (Å²) in [5, 5.41) is 13.7. The summed E-state index contributed by atoms with van der Waals surface area (Å²) in [7, 11) is 3.31. The van der Waals surface area contributed by atoms with Crippen molar-refractivity contribution in [1.29, 1.82) is 0 Å². The number of methoxy groups -OCH3 is 1. The molecule has 7 nitrogen and oxygen atoms in total. The van der Waals surface area contributed by atoms with Gasteiger partial charge in [-0.1, -0.05) is 50.8 Å². The maximum atomic E-state index is 13.4. The molecule has 2 amide bonds. The van der Waals surface area contributed by atoms with Crippen LogP contribution in [0.1, 0.15) is 56.6 Å². The van der Waals surface area contributed by atoms with Crippen LogP contribution in [-0.4, -0.2) is 49.1 Å². The van der Waals surface area contributed by atoms with Crippen molar-refractivity contribution >= 4 is 23.2 Å². The molecule has 1 saturated carbocycles. The minimum Gasteiger partial charge on any atom is -0.497 e. The molecular weight excluding hydrogens is 442 g/mol. The van der Waals surface area contributed by atoms with Crippen LogP contribution in [0.25, 0.3) is 0 Å². The first-order valence-corrected chi connectivity index (χ1v) is 12.5. The van der Waals surface area contributed by atoms with E-state index in [4.69, 9.17) is 9.73 Å². The van der Waals surface area contributed by atoms with Gasteiger partial charge >= 0.3 is 0 Å². The first-order chi connectivity index (χ1) is 16.9. The number of hydrogen-bond acceptors (Lipinski definition) is 5. The third-order valence-corrected chi connectivity index (χ3v) is 6.92. The zero-order chi connectivity index (χ0) is 24.9. The van der Waals surface area contributed by atoms with Gasteiger partial charge in [-0.3, -0.25) is 9.59 Å². The maximum absolute atomic E-state index is 13.4. The van der Waals surface area contributed by atoms with Gasteiger partial charge in [-0.2, -0.15) is 0 Å². The Morgan fingerprint density at radius 3 is 2.57 bits per heavy atom. The summed E-state index contributed by atoms with van der Waals surface area (Å²) in [5.41, 5.74) is 2.97. The molecule has 0 radical (unpaired) electrons. The van der Waals surface area contributed by atoms with Gasteiger partial charge in [0, 0.05) is 18.2 Å². The molecule has 1 aliphatic carbocycles. The quantitative estimate of drug-likeness (QED) is 0.543. The number of benzodiazepines with no additional fused rings is 1. The summed E-state index contributed by atoms with van der Waals surface area (Å²) in [5.74, 6) is 0.0198. The molecule has 186 valence electrons. The van der Waals surface area contributed by atoms with E-state index in [0.29, 0.717) is 24.5 Å². The van der Waals surface area contributed by atoms with Crippen LogP contribution in [-0.2, 0) is 9.59 Å². The second-order valence-electron chi connectivity index (χ2n) is 9.53.